The Hall–Kier alpha value is -5.04. The molecule has 4 heterocycles. The van der Waals surface area contributed by atoms with Crippen molar-refractivity contribution >= 4 is 34.6 Å². The Balaban J connectivity index is 1.50. The monoisotopic (exact) mass is 495 g/mol. The first-order chi connectivity index (χ1) is 18.7. The number of anilines is 2. The SMILES string of the molecule is Cc1cccc(NC2=Nc3ccccc3N3C2=Nc2c(c(C)nn2-c2ccccn2)C3c2ccccc2)c1. The van der Waals surface area contributed by atoms with Crippen molar-refractivity contribution in [3.8, 4) is 5.82 Å². The average molecular weight is 496 g/mol. The predicted octanol–water partition coefficient (Wildman–Crippen LogP) is 6.68. The lowest BCUT2D eigenvalue weighted by molar-refractivity contribution is 0.810. The van der Waals surface area contributed by atoms with Crippen LogP contribution in [-0.4, -0.2) is 26.4 Å². The molecule has 1 atom stereocenters. The van der Waals surface area contributed by atoms with Crippen molar-refractivity contribution in [2.45, 2.75) is 19.9 Å². The molecular formula is C31H25N7. The van der Waals surface area contributed by atoms with Gasteiger partial charge in [-0.1, -0.05) is 60.7 Å². The van der Waals surface area contributed by atoms with Crippen LogP contribution in [0.4, 0.5) is 22.9 Å². The highest BCUT2D eigenvalue weighted by Gasteiger charge is 2.41. The lowest BCUT2D eigenvalue weighted by atomic mass is 9.93. The Kier molecular flexibility index (Phi) is 5.14. The zero-order valence-electron chi connectivity index (χ0n) is 21.1. The van der Waals surface area contributed by atoms with Crippen molar-refractivity contribution in [3.63, 3.8) is 0 Å². The first kappa shape index (κ1) is 22.2. The van der Waals surface area contributed by atoms with Gasteiger partial charge in [-0.2, -0.15) is 9.78 Å². The first-order valence-corrected chi connectivity index (χ1v) is 12.6. The van der Waals surface area contributed by atoms with Crippen LogP contribution in [0.3, 0.4) is 0 Å². The lowest BCUT2D eigenvalue weighted by Gasteiger charge is -2.40. The van der Waals surface area contributed by atoms with E-state index in [-0.39, 0.29) is 6.04 Å². The number of aryl methyl sites for hydroxylation is 2. The predicted molar refractivity (Wildman–Crippen MR) is 152 cm³/mol. The molecule has 5 aromatic rings. The highest BCUT2D eigenvalue weighted by atomic mass is 15.4. The van der Waals surface area contributed by atoms with Crippen LogP contribution < -0.4 is 10.2 Å². The van der Waals surface area contributed by atoms with Crippen molar-refractivity contribution in [1.29, 1.82) is 0 Å². The molecule has 7 nitrogen and oxygen atoms in total. The molecule has 0 aliphatic carbocycles. The van der Waals surface area contributed by atoms with Gasteiger partial charge in [0.15, 0.2) is 23.3 Å². The lowest BCUT2D eigenvalue weighted by Crippen LogP contribution is -2.46. The van der Waals surface area contributed by atoms with Gasteiger partial charge in [0.25, 0.3) is 0 Å². The maximum Gasteiger partial charge on any atom is 0.179 e. The fourth-order valence-electron chi connectivity index (χ4n) is 5.25. The number of pyridine rings is 1. The Bertz CT molecular complexity index is 1720. The molecule has 38 heavy (non-hydrogen) atoms. The second kappa shape index (κ2) is 8.81. The number of hydrogen-bond acceptors (Lipinski definition) is 6. The highest BCUT2D eigenvalue weighted by Crippen LogP contribution is 2.48. The van der Waals surface area contributed by atoms with Crippen molar-refractivity contribution in [2.75, 3.05) is 10.2 Å². The molecule has 0 fully saturated rings. The van der Waals surface area contributed by atoms with E-state index in [2.05, 4.69) is 64.6 Å². The second-order valence-electron chi connectivity index (χ2n) is 9.48. The third-order valence-corrected chi connectivity index (χ3v) is 6.90. The van der Waals surface area contributed by atoms with Crippen LogP contribution in [0.25, 0.3) is 5.82 Å². The van der Waals surface area contributed by atoms with Gasteiger partial charge >= 0.3 is 0 Å². The summed E-state index contributed by atoms with van der Waals surface area (Å²) in [5.41, 5.74) is 7.14. The molecular weight excluding hydrogens is 470 g/mol. The van der Waals surface area contributed by atoms with Crippen LogP contribution >= 0.6 is 0 Å². The number of fused-ring (bicyclic) bond motifs is 4. The van der Waals surface area contributed by atoms with Crippen molar-refractivity contribution < 1.29 is 0 Å². The summed E-state index contributed by atoms with van der Waals surface area (Å²) in [6.07, 6.45) is 1.78. The normalized spacial score (nSPS) is 15.6. The Labute approximate surface area is 220 Å². The molecule has 7 rings (SSSR count). The minimum atomic E-state index is -0.151. The summed E-state index contributed by atoms with van der Waals surface area (Å²) in [5.74, 6) is 2.91. The second-order valence-corrected chi connectivity index (χ2v) is 9.48. The average Bonchev–Trinajstić information content (AvgIpc) is 3.29. The summed E-state index contributed by atoms with van der Waals surface area (Å²) in [4.78, 5) is 17.2. The van der Waals surface area contributed by atoms with Gasteiger partial charge in [-0.15, -0.1) is 0 Å². The van der Waals surface area contributed by atoms with Gasteiger partial charge in [0.1, 0.15) is 0 Å². The van der Waals surface area contributed by atoms with Gasteiger partial charge in [-0.25, -0.2) is 15.0 Å². The fraction of sp³-hybridized carbons (Fsp3) is 0.0968. The van der Waals surface area contributed by atoms with Crippen LogP contribution in [0.2, 0.25) is 0 Å². The molecule has 2 aromatic heterocycles. The van der Waals surface area contributed by atoms with E-state index in [1.807, 2.05) is 66.2 Å². The molecule has 2 aliphatic heterocycles. The molecule has 0 saturated carbocycles. The molecule has 0 saturated heterocycles. The van der Waals surface area contributed by atoms with Crippen LogP contribution in [-0.2, 0) is 0 Å². The number of hydrogen-bond donors (Lipinski definition) is 1. The molecule has 0 spiro atoms. The van der Waals surface area contributed by atoms with Gasteiger partial charge in [0, 0.05) is 17.4 Å². The molecule has 3 aromatic carbocycles. The van der Waals surface area contributed by atoms with E-state index < -0.39 is 0 Å². The van der Waals surface area contributed by atoms with E-state index in [9.17, 15) is 0 Å². The van der Waals surface area contributed by atoms with E-state index in [0.717, 1.165) is 51.4 Å². The van der Waals surface area contributed by atoms with Gasteiger partial charge < -0.3 is 10.2 Å². The Morgan fingerprint density at radius 2 is 1.61 bits per heavy atom. The fourth-order valence-corrected chi connectivity index (χ4v) is 5.25. The van der Waals surface area contributed by atoms with Crippen molar-refractivity contribution in [3.05, 3.63) is 126 Å². The number of aromatic nitrogens is 3. The van der Waals surface area contributed by atoms with Gasteiger partial charge in [-0.05, 0) is 61.4 Å². The van der Waals surface area contributed by atoms with Gasteiger partial charge in [-0.3, -0.25) is 0 Å². The van der Waals surface area contributed by atoms with E-state index in [0.29, 0.717) is 5.84 Å². The third-order valence-electron chi connectivity index (χ3n) is 6.90. The topological polar surface area (TPSA) is 70.7 Å². The number of aliphatic imine (C=N–C) groups is 2. The van der Waals surface area contributed by atoms with E-state index in [1.165, 1.54) is 5.56 Å². The number of nitrogens with zero attached hydrogens (tertiary/aromatic N) is 6. The maximum absolute atomic E-state index is 5.25. The van der Waals surface area contributed by atoms with Gasteiger partial charge in [0.05, 0.1) is 23.1 Å². The minimum absolute atomic E-state index is 0.151. The highest BCUT2D eigenvalue weighted by molar-refractivity contribution is 6.51. The number of amidine groups is 2. The minimum Gasteiger partial charge on any atom is -0.337 e. The maximum atomic E-state index is 5.25. The Morgan fingerprint density at radius 3 is 2.42 bits per heavy atom. The van der Waals surface area contributed by atoms with Gasteiger partial charge in [0.2, 0.25) is 0 Å². The summed E-state index contributed by atoms with van der Waals surface area (Å²) in [5, 5.41) is 8.50. The summed E-state index contributed by atoms with van der Waals surface area (Å²) >= 11 is 0. The van der Waals surface area contributed by atoms with Crippen LogP contribution in [0.5, 0.6) is 0 Å². The van der Waals surface area contributed by atoms with Crippen LogP contribution in [0, 0.1) is 13.8 Å². The molecule has 0 radical (unpaired) electrons. The van der Waals surface area contributed by atoms with Crippen LogP contribution in [0.1, 0.15) is 28.4 Å². The number of nitrogens with one attached hydrogen (secondary N) is 1. The van der Waals surface area contributed by atoms with Crippen LogP contribution in [0.15, 0.2) is 113 Å². The number of rotatable bonds is 3. The smallest absolute Gasteiger partial charge is 0.179 e. The molecule has 1 N–H and O–H groups in total. The molecule has 0 amide bonds. The molecule has 184 valence electrons. The summed E-state index contributed by atoms with van der Waals surface area (Å²) < 4.78 is 1.84. The summed E-state index contributed by atoms with van der Waals surface area (Å²) in [6.45, 7) is 4.13. The summed E-state index contributed by atoms with van der Waals surface area (Å²) in [7, 11) is 0. The summed E-state index contributed by atoms with van der Waals surface area (Å²) in [6, 6.07) is 32.7. The third kappa shape index (κ3) is 3.59. The number of benzene rings is 3. The number of para-hydroxylation sites is 2. The largest absolute Gasteiger partial charge is 0.337 e. The molecule has 0 bridgehead atoms. The van der Waals surface area contributed by atoms with Crippen molar-refractivity contribution in [1.82, 2.24) is 14.8 Å². The zero-order chi connectivity index (χ0) is 25.6. The van der Waals surface area contributed by atoms with E-state index in [4.69, 9.17) is 15.1 Å². The zero-order valence-corrected chi connectivity index (χ0v) is 21.1. The first-order valence-electron chi connectivity index (χ1n) is 12.6. The molecule has 1 unspecified atom stereocenters. The molecule has 7 heteroatoms. The van der Waals surface area contributed by atoms with E-state index in [1.54, 1.807) is 6.20 Å². The standard InChI is InChI=1S/C31H25N7/c1-20-11-10-14-23(19-20)33-29-31-35-30-27(21(2)36-38(30)26-17-8-9-18-32-26)28(22-12-4-3-5-13-22)37(31)25-16-7-6-15-24(25)34-29/h3-19,28H,1-2H3,(H,33,34). The van der Waals surface area contributed by atoms with Crippen molar-refractivity contribution in [2.24, 2.45) is 9.98 Å². The van der Waals surface area contributed by atoms with E-state index >= 15 is 0 Å². The quantitative estimate of drug-likeness (QED) is 0.303. The Morgan fingerprint density at radius 1 is 0.789 bits per heavy atom. The molecule has 2 aliphatic rings.